The van der Waals surface area contributed by atoms with Gasteiger partial charge in [-0.3, -0.25) is 4.98 Å². The summed E-state index contributed by atoms with van der Waals surface area (Å²) in [5, 5.41) is 9.32. The van der Waals surface area contributed by atoms with Gasteiger partial charge >= 0.3 is 0 Å². The molecule has 0 saturated carbocycles. The van der Waals surface area contributed by atoms with Crippen LogP contribution in [0.1, 0.15) is 25.6 Å². The number of rotatable bonds is 5. The van der Waals surface area contributed by atoms with Crippen LogP contribution in [0.15, 0.2) is 31.0 Å². The number of aliphatic hydroxyl groups is 1. The van der Waals surface area contributed by atoms with Gasteiger partial charge < -0.3 is 10.0 Å². The molecule has 0 radical (unpaired) electrons. The Labute approximate surface area is 91.1 Å². The molecule has 0 spiro atoms. The minimum Gasteiger partial charge on any atom is -0.387 e. The zero-order chi connectivity index (χ0) is 11.3. The van der Waals surface area contributed by atoms with Crippen molar-refractivity contribution in [2.24, 2.45) is 0 Å². The molecule has 82 valence electrons. The lowest BCUT2D eigenvalue weighted by Crippen LogP contribution is -2.22. The van der Waals surface area contributed by atoms with Gasteiger partial charge in [-0.15, -0.1) is 6.58 Å². The van der Waals surface area contributed by atoms with Crippen LogP contribution in [0.25, 0.3) is 0 Å². The Morgan fingerprint density at radius 3 is 2.73 bits per heavy atom. The van der Waals surface area contributed by atoms with E-state index >= 15 is 0 Å². The number of aliphatic hydroxyl groups excluding tert-OH is 1. The molecule has 0 amide bonds. The van der Waals surface area contributed by atoms with Gasteiger partial charge in [0, 0.05) is 13.1 Å². The predicted octanol–water partition coefficient (Wildman–Crippen LogP) is 2.15. The summed E-state index contributed by atoms with van der Waals surface area (Å²) in [6.07, 6.45) is 3.15. The molecule has 1 rings (SSSR count). The highest BCUT2D eigenvalue weighted by molar-refractivity contribution is 5.45. The van der Waals surface area contributed by atoms with E-state index in [1.807, 2.05) is 18.2 Å². The van der Waals surface area contributed by atoms with E-state index in [1.54, 1.807) is 13.1 Å². The molecule has 0 aliphatic rings. The summed E-state index contributed by atoms with van der Waals surface area (Å²) >= 11 is 0. The molecule has 0 aromatic carbocycles. The molecular weight excluding hydrogens is 188 g/mol. The number of pyridine rings is 1. The van der Waals surface area contributed by atoms with Crippen LogP contribution in [-0.4, -0.2) is 23.2 Å². The standard InChI is InChI=1S/C12H18N2O/c1-4-8-14(5-2)11-6-7-12(10(3)15)13-9-11/h4,6-7,9-10,15H,1,5,8H2,2-3H3. The molecule has 1 N–H and O–H groups in total. The minimum atomic E-state index is -0.506. The zero-order valence-corrected chi connectivity index (χ0v) is 9.35. The van der Waals surface area contributed by atoms with Gasteiger partial charge in [0.2, 0.25) is 0 Å². The second-order valence-electron chi connectivity index (χ2n) is 3.44. The van der Waals surface area contributed by atoms with E-state index in [-0.39, 0.29) is 0 Å². The first-order valence-electron chi connectivity index (χ1n) is 5.19. The van der Waals surface area contributed by atoms with Gasteiger partial charge in [0.25, 0.3) is 0 Å². The Hall–Kier alpha value is -1.35. The van der Waals surface area contributed by atoms with Crippen LogP contribution in [0.4, 0.5) is 5.69 Å². The van der Waals surface area contributed by atoms with E-state index in [0.717, 1.165) is 18.8 Å². The number of nitrogens with zero attached hydrogens (tertiary/aromatic N) is 2. The molecule has 1 heterocycles. The lowest BCUT2D eigenvalue weighted by atomic mass is 10.2. The summed E-state index contributed by atoms with van der Waals surface area (Å²) in [5.74, 6) is 0. The largest absolute Gasteiger partial charge is 0.387 e. The minimum absolute atomic E-state index is 0.506. The van der Waals surface area contributed by atoms with E-state index < -0.39 is 6.10 Å². The van der Waals surface area contributed by atoms with Crippen LogP contribution >= 0.6 is 0 Å². The van der Waals surface area contributed by atoms with Crippen LogP contribution in [0, 0.1) is 0 Å². The average molecular weight is 206 g/mol. The van der Waals surface area contributed by atoms with E-state index in [1.165, 1.54) is 0 Å². The second kappa shape index (κ2) is 5.51. The molecule has 1 aromatic rings. The van der Waals surface area contributed by atoms with E-state index in [2.05, 4.69) is 23.4 Å². The van der Waals surface area contributed by atoms with Gasteiger partial charge in [-0.05, 0) is 26.0 Å². The molecule has 0 aliphatic heterocycles. The average Bonchev–Trinajstić information content (AvgIpc) is 2.26. The van der Waals surface area contributed by atoms with Crippen molar-refractivity contribution >= 4 is 5.69 Å². The van der Waals surface area contributed by atoms with Crippen molar-refractivity contribution in [3.8, 4) is 0 Å². The molecule has 1 aromatic heterocycles. The van der Waals surface area contributed by atoms with Gasteiger partial charge in [-0.1, -0.05) is 6.08 Å². The van der Waals surface area contributed by atoms with Crippen molar-refractivity contribution in [2.75, 3.05) is 18.0 Å². The summed E-state index contributed by atoms with van der Waals surface area (Å²) in [7, 11) is 0. The Morgan fingerprint density at radius 2 is 2.33 bits per heavy atom. The fourth-order valence-electron chi connectivity index (χ4n) is 1.40. The van der Waals surface area contributed by atoms with E-state index in [0.29, 0.717) is 5.69 Å². The highest BCUT2D eigenvalue weighted by Gasteiger charge is 2.05. The molecule has 15 heavy (non-hydrogen) atoms. The maximum Gasteiger partial charge on any atom is 0.0931 e. The number of hydrogen-bond donors (Lipinski definition) is 1. The number of likely N-dealkylation sites (N-methyl/N-ethyl adjacent to an activating group) is 1. The zero-order valence-electron chi connectivity index (χ0n) is 9.35. The number of anilines is 1. The van der Waals surface area contributed by atoms with Crippen molar-refractivity contribution in [2.45, 2.75) is 20.0 Å². The first kappa shape index (κ1) is 11.7. The summed E-state index contributed by atoms with van der Waals surface area (Å²) < 4.78 is 0. The third-order valence-electron chi connectivity index (χ3n) is 2.30. The van der Waals surface area contributed by atoms with Gasteiger partial charge in [0.05, 0.1) is 23.7 Å². The van der Waals surface area contributed by atoms with Crippen molar-refractivity contribution in [1.82, 2.24) is 4.98 Å². The first-order chi connectivity index (χ1) is 7.19. The molecule has 0 fully saturated rings. The third-order valence-corrected chi connectivity index (χ3v) is 2.30. The maximum absolute atomic E-state index is 9.32. The molecule has 3 heteroatoms. The normalized spacial score (nSPS) is 12.2. The van der Waals surface area contributed by atoms with Crippen LogP contribution in [0.3, 0.4) is 0 Å². The highest BCUT2D eigenvalue weighted by atomic mass is 16.3. The first-order valence-corrected chi connectivity index (χ1v) is 5.19. The summed E-state index contributed by atoms with van der Waals surface area (Å²) in [4.78, 5) is 6.36. The van der Waals surface area contributed by atoms with Crippen LogP contribution < -0.4 is 4.90 Å². The van der Waals surface area contributed by atoms with Crippen molar-refractivity contribution < 1.29 is 5.11 Å². The van der Waals surface area contributed by atoms with E-state index in [9.17, 15) is 5.11 Å². The molecule has 3 nitrogen and oxygen atoms in total. The molecule has 1 unspecified atom stereocenters. The highest BCUT2D eigenvalue weighted by Crippen LogP contribution is 2.15. The molecule has 1 atom stereocenters. The lowest BCUT2D eigenvalue weighted by molar-refractivity contribution is 0.194. The monoisotopic (exact) mass is 206 g/mol. The van der Waals surface area contributed by atoms with Gasteiger partial charge in [-0.25, -0.2) is 0 Å². The van der Waals surface area contributed by atoms with Crippen LogP contribution in [0.2, 0.25) is 0 Å². The van der Waals surface area contributed by atoms with Gasteiger partial charge in [0.15, 0.2) is 0 Å². The summed E-state index contributed by atoms with van der Waals surface area (Å²) in [6, 6.07) is 3.83. The van der Waals surface area contributed by atoms with Crippen molar-refractivity contribution in [1.29, 1.82) is 0 Å². The van der Waals surface area contributed by atoms with Crippen molar-refractivity contribution in [3.05, 3.63) is 36.7 Å². The Bertz CT molecular complexity index is 306. The van der Waals surface area contributed by atoms with Crippen LogP contribution in [0.5, 0.6) is 0 Å². The summed E-state index contributed by atoms with van der Waals surface area (Å²) in [5.41, 5.74) is 1.76. The Balaban J connectivity index is 2.81. The SMILES string of the molecule is C=CCN(CC)c1ccc(C(C)O)nc1. The topological polar surface area (TPSA) is 36.4 Å². The molecule has 0 bridgehead atoms. The lowest BCUT2D eigenvalue weighted by Gasteiger charge is -2.21. The molecular formula is C12H18N2O. The summed E-state index contributed by atoms with van der Waals surface area (Å²) in [6.45, 7) is 9.25. The van der Waals surface area contributed by atoms with Gasteiger partial charge in [-0.2, -0.15) is 0 Å². The fraction of sp³-hybridized carbons (Fsp3) is 0.417. The van der Waals surface area contributed by atoms with Crippen LogP contribution in [-0.2, 0) is 0 Å². The predicted molar refractivity (Wildman–Crippen MR) is 63.0 cm³/mol. The number of aromatic nitrogens is 1. The molecule has 0 aliphatic carbocycles. The van der Waals surface area contributed by atoms with Gasteiger partial charge in [0.1, 0.15) is 0 Å². The van der Waals surface area contributed by atoms with E-state index in [4.69, 9.17) is 0 Å². The molecule has 0 saturated heterocycles. The third kappa shape index (κ3) is 3.06. The fourth-order valence-corrected chi connectivity index (χ4v) is 1.40. The number of hydrogen-bond acceptors (Lipinski definition) is 3. The smallest absolute Gasteiger partial charge is 0.0931 e. The quantitative estimate of drug-likeness (QED) is 0.750. The second-order valence-corrected chi connectivity index (χ2v) is 3.44. The van der Waals surface area contributed by atoms with Crippen molar-refractivity contribution in [3.63, 3.8) is 0 Å². The Kier molecular flexibility index (Phi) is 4.31. The maximum atomic E-state index is 9.32. The Morgan fingerprint density at radius 1 is 1.60 bits per heavy atom.